The predicted octanol–water partition coefficient (Wildman–Crippen LogP) is 3.44. The zero-order valence-corrected chi connectivity index (χ0v) is 19.5. The predicted molar refractivity (Wildman–Crippen MR) is 132 cm³/mol. The number of aliphatic carboxylic acids is 1. The Morgan fingerprint density at radius 1 is 1.26 bits per heavy atom. The molecule has 0 amide bonds. The fourth-order valence-corrected chi connectivity index (χ4v) is 4.36. The molecule has 5 rings (SSSR count). The van der Waals surface area contributed by atoms with E-state index in [9.17, 15) is 4.79 Å². The van der Waals surface area contributed by atoms with E-state index >= 15 is 0 Å². The minimum atomic E-state index is -1.24. The molecule has 0 saturated heterocycles. The molecule has 0 saturated carbocycles. The van der Waals surface area contributed by atoms with Crippen molar-refractivity contribution in [2.45, 2.75) is 13.0 Å². The second-order valence-electron chi connectivity index (χ2n) is 7.76. The monoisotopic (exact) mass is 491 g/mol. The molecule has 4 aromatic rings. The van der Waals surface area contributed by atoms with Crippen molar-refractivity contribution in [1.29, 1.82) is 0 Å². The van der Waals surface area contributed by atoms with Crippen LogP contribution in [0.25, 0.3) is 21.5 Å². The van der Waals surface area contributed by atoms with Crippen molar-refractivity contribution in [2.24, 2.45) is 4.99 Å². The van der Waals surface area contributed by atoms with E-state index in [1.165, 1.54) is 23.9 Å². The first kappa shape index (κ1) is 22.7. The van der Waals surface area contributed by atoms with Gasteiger partial charge < -0.3 is 25.0 Å². The number of carbonyl (C=O) groups is 1. The third-order valence-corrected chi connectivity index (χ3v) is 6.22. The maximum atomic E-state index is 11.0. The van der Waals surface area contributed by atoms with Gasteiger partial charge in [0.1, 0.15) is 24.4 Å². The van der Waals surface area contributed by atoms with Gasteiger partial charge in [0.05, 0.1) is 12.8 Å². The number of nitrogens with zero attached hydrogens (tertiary/aromatic N) is 4. The van der Waals surface area contributed by atoms with Gasteiger partial charge in [-0.15, -0.1) is 0 Å². The molecule has 0 fully saturated rings. The second kappa shape index (κ2) is 9.65. The normalized spacial score (nSPS) is 13.8. The average molecular weight is 492 g/mol. The minimum absolute atomic E-state index is 0.379. The third kappa shape index (κ3) is 4.63. The van der Waals surface area contributed by atoms with E-state index in [-0.39, 0.29) is 0 Å². The Bertz CT molecular complexity index is 1440. The second-order valence-corrected chi connectivity index (χ2v) is 8.51. The maximum absolute atomic E-state index is 11.0. The molecule has 0 unspecified atom stereocenters. The van der Waals surface area contributed by atoms with Crippen molar-refractivity contribution in [3.05, 3.63) is 53.9 Å². The number of aliphatic imine (C=N–C) groups is 1. The number of aromatic nitrogens is 3. The molecule has 1 aliphatic rings. The van der Waals surface area contributed by atoms with Crippen LogP contribution in [0.4, 0.5) is 11.5 Å². The molecule has 0 aliphatic carbocycles. The summed E-state index contributed by atoms with van der Waals surface area (Å²) in [6.07, 6.45) is 2.77. The molecule has 2 aromatic carbocycles. The zero-order chi connectivity index (χ0) is 24.4. The van der Waals surface area contributed by atoms with Crippen molar-refractivity contribution >= 4 is 45.6 Å². The summed E-state index contributed by atoms with van der Waals surface area (Å²) < 4.78 is 15.8. The quantitative estimate of drug-likeness (QED) is 0.332. The Morgan fingerprint density at radius 2 is 2.09 bits per heavy atom. The molecule has 10 nitrogen and oxygen atoms in total. The van der Waals surface area contributed by atoms with Crippen LogP contribution in [0.1, 0.15) is 11.3 Å². The lowest BCUT2D eigenvalue weighted by Crippen LogP contribution is -2.22. The Labute approximate surface area is 204 Å². The highest BCUT2D eigenvalue weighted by atomic mass is 32.1. The van der Waals surface area contributed by atoms with E-state index in [1.54, 1.807) is 0 Å². The van der Waals surface area contributed by atoms with Gasteiger partial charge in [-0.05, 0) is 53.3 Å². The van der Waals surface area contributed by atoms with Crippen LogP contribution in [-0.2, 0) is 4.79 Å². The minimum Gasteiger partial charge on any atom is -0.486 e. The van der Waals surface area contributed by atoms with Gasteiger partial charge in [0.25, 0.3) is 0 Å². The van der Waals surface area contributed by atoms with E-state index < -0.39 is 18.6 Å². The number of ether oxygens (including phenoxy) is 2. The van der Waals surface area contributed by atoms with Gasteiger partial charge in [-0.25, -0.2) is 14.8 Å². The number of rotatable bonds is 7. The smallest absolute Gasteiger partial charge is 0.330 e. The molecule has 1 atom stereocenters. The number of aliphatic hydroxyl groups excluding tert-OH is 1. The van der Waals surface area contributed by atoms with Crippen LogP contribution in [0, 0.1) is 6.92 Å². The molecule has 35 heavy (non-hydrogen) atoms. The topological polar surface area (TPSA) is 139 Å². The molecule has 3 heterocycles. The molecular weight excluding hydrogens is 470 g/mol. The van der Waals surface area contributed by atoms with Crippen LogP contribution in [0.5, 0.6) is 11.5 Å². The first-order valence-corrected chi connectivity index (χ1v) is 11.6. The van der Waals surface area contributed by atoms with Gasteiger partial charge in [0.2, 0.25) is 0 Å². The summed E-state index contributed by atoms with van der Waals surface area (Å²) in [7, 11) is 0. The Balaban J connectivity index is 1.40. The molecule has 3 N–H and O–H groups in total. The number of benzene rings is 2. The summed E-state index contributed by atoms with van der Waals surface area (Å²) in [4.78, 5) is 24.3. The van der Waals surface area contributed by atoms with Crippen molar-refractivity contribution < 1.29 is 24.5 Å². The van der Waals surface area contributed by atoms with Crippen molar-refractivity contribution in [1.82, 2.24) is 14.3 Å². The highest BCUT2D eigenvalue weighted by Crippen LogP contribution is 2.37. The fourth-order valence-electron chi connectivity index (χ4n) is 3.66. The van der Waals surface area contributed by atoms with Crippen molar-refractivity contribution in [3.8, 4) is 22.6 Å². The maximum Gasteiger partial charge on any atom is 0.330 e. The summed E-state index contributed by atoms with van der Waals surface area (Å²) in [6.45, 7) is 2.52. The van der Waals surface area contributed by atoms with Gasteiger partial charge in [-0.3, -0.25) is 4.99 Å². The van der Waals surface area contributed by atoms with E-state index in [2.05, 4.69) is 24.7 Å². The molecule has 178 valence electrons. The SMILES string of the molecule is Cc1c(Nc2nsc3nc(C=N[C@@H](CO)C(=O)O)cnc23)cccc1-c1ccc2c(c1)OCCO2. The summed E-state index contributed by atoms with van der Waals surface area (Å²) in [5.74, 6) is 0.845. The number of hydrogen-bond donors (Lipinski definition) is 3. The van der Waals surface area contributed by atoms with Gasteiger partial charge >= 0.3 is 5.97 Å². The number of hydrogen-bond acceptors (Lipinski definition) is 10. The zero-order valence-electron chi connectivity index (χ0n) is 18.6. The lowest BCUT2D eigenvalue weighted by Gasteiger charge is -2.19. The lowest BCUT2D eigenvalue weighted by atomic mass is 9.98. The molecule has 2 aromatic heterocycles. The van der Waals surface area contributed by atoms with Crippen LogP contribution in [0.2, 0.25) is 0 Å². The number of aliphatic hydroxyl groups is 1. The average Bonchev–Trinajstić information content (AvgIpc) is 3.27. The number of nitrogens with one attached hydrogen (secondary N) is 1. The van der Waals surface area contributed by atoms with E-state index in [1.807, 2.05) is 43.3 Å². The van der Waals surface area contributed by atoms with Crippen LogP contribution in [0.15, 0.2) is 47.6 Å². The Morgan fingerprint density at radius 3 is 2.89 bits per heavy atom. The first-order chi connectivity index (χ1) is 17.0. The van der Waals surface area contributed by atoms with Crippen LogP contribution < -0.4 is 14.8 Å². The number of anilines is 2. The van der Waals surface area contributed by atoms with Crippen molar-refractivity contribution in [3.63, 3.8) is 0 Å². The molecule has 0 spiro atoms. The largest absolute Gasteiger partial charge is 0.486 e. The van der Waals surface area contributed by atoms with Crippen LogP contribution in [-0.4, -0.2) is 62.6 Å². The fraction of sp³-hybridized carbons (Fsp3) is 0.208. The molecular formula is C24H21N5O5S. The molecule has 1 aliphatic heterocycles. The van der Waals surface area contributed by atoms with Gasteiger partial charge in [-0.1, -0.05) is 18.2 Å². The summed E-state index contributed by atoms with van der Waals surface area (Å²) in [6, 6.07) is 10.7. The summed E-state index contributed by atoms with van der Waals surface area (Å²) >= 11 is 1.17. The third-order valence-electron chi connectivity index (χ3n) is 5.49. The highest BCUT2D eigenvalue weighted by Gasteiger charge is 2.16. The first-order valence-electron chi connectivity index (χ1n) is 10.8. The van der Waals surface area contributed by atoms with Crippen LogP contribution in [0.3, 0.4) is 0 Å². The lowest BCUT2D eigenvalue weighted by molar-refractivity contribution is -0.139. The Hall–Kier alpha value is -4.09. The highest BCUT2D eigenvalue weighted by molar-refractivity contribution is 7.13. The van der Waals surface area contributed by atoms with Crippen molar-refractivity contribution in [2.75, 3.05) is 25.1 Å². The van der Waals surface area contributed by atoms with E-state index in [0.717, 1.165) is 33.9 Å². The number of fused-ring (bicyclic) bond motifs is 2. The molecule has 0 bridgehead atoms. The standard InChI is InChI=1S/C24H21N5O5S/c1-13-16(14-5-6-19-20(9-14)34-8-7-33-19)3-2-4-17(13)28-22-21-23(35-29-22)27-15(11-26-21)10-25-18(12-30)24(31)32/h2-6,9-11,18,30H,7-8,12H2,1H3,(H,28,29)(H,31,32)/t18-/m0/s1. The van der Waals surface area contributed by atoms with E-state index in [0.29, 0.717) is 35.1 Å². The number of carboxylic acids is 1. The number of carboxylic acid groups (broad SMARTS) is 1. The molecule has 11 heteroatoms. The van der Waals surface area contributed by atoms with E-state index in [4.69, 9.17) is 19.7 Å². The molecule has 0 radical (unpaired) electrons. The van der Waals surface area contributed by atoms with Gasteiger partial charge in [0.15, 0.2) is 28.2 Å². The summed E-state index contributed by atoms with van der Waals surface area (Å²) in [5, 5.41) is 21.5. The van der Waals surface area contributed by atoms with Gasteiger partial charge in [-0.2, -0.15) is 4.37 Å². The Kier molecular flexibility index (Phi) is 6.25. The van der Waals surface area contributed by atoms with Gasteiger partial charge in [0, 0.05) is 11.9 Å². The van der Waals surface area contributed by atoms with Crippen LogP contribution >= 0.6 is 11.5 Å². The summed E-state index contributed by atoms with van der Waals surface area (Å²) in [5.41, 5.74) is 4.95.